The Labute approximate surface area is 136 Å². The third kappa shape index (κ3) is 2.75. The molecule has 23 heavy (non-hydrogen) atoms. The minimum absolute atomic E-state index is 0.230. The molecular formula is C19H21N3O. The molecule has 4 heteroatoms. The normalized spacial score (nSPS) is 23.6. The molecule has 118 valence electrons. The second-order valence-corrected chi connectivity index (χ2v) is 6.39. The molecule has 2 unspecified atom stereocenters. The van der Waals surface area contributed by atoms with Crippen molar-refractivity contribution < 1.29 is 4.74 Å². The van der Waals surface area contributed by atoms with Gasteiger partial charge in [0.2, 0.25) is 0 Å². The first-order chi connectivity index (χ1) is 11.2. The van der Waals surface area contributed by atoms with Gasteiger partial charge in [-0.1, -0.05) is 24.3 Å². The molecule has 2 aromatic rings. The summed E-state index contributed by atoms with van der Waals surface area (Å²) in [5.74, 6) is 1.01. The summed E-state index contributed by atoms with van der Waals surface area (Å²) in [6.45, 7) is 6.76. The summed E-state index contributed by atoms with van der Waals surface area (Å²) in [7, 11) is 0. The van der Waals surface area contributed by atoms with E-state index in [9.17, 15) is 0 Å². The number of fused-ring (bicyclic) bond motifs is 1. The Morgan fingerprint density at radius 2 is 1.87 bits per heavy atom. The second-order valence-electron chi connectivity index (χ2n) is 6.39. The number of hydrogen-bond acceptors (Lipinski definition) is 4. The summed E-state index contributed by atoms with van der Waals surface area (Å²) < 4.78 is 5.82. The van der Waals surface area contributed by atoms with Crippen LogP contribution in [0.25, 0.3) is 0 Å². The van der Waals surface area contributed by atoms with E-state index >= 15 is 0 Å². The molecule has 0 spiro atoms. The minimum atomic E-state index is 0.230. The summed E-state index contributed by atoms with van der Waals surface area (Å²) in [6.07, 6.45) is 2.35. The standard InChI is InChI=1S/C19H21N3O/c1-13-11-22(12-14(2)23-13)18-9-15(7-8-20-18)19-17-6-4-3-5-16(17)10-21-19/h3-9,13-14H,10-12H2,1-2H3. The fourth-order valence-electron chi connectivity index (χ4n) is 3.49. The van der Waals surface area contributed by atoms with Gasteiger partial charge < -0.3 is 9.64 Å². The van der Waals surface area contributed by atoms with Crippen molar-refractivity contribution in [3.05, 3.63) is 59.3 Å². The molecular weight excluding hydrogens is 286 g/mol. The van der Waals surface area contributed by atoms with E-state index in [0.29, 0.717) is 0 Å². The largest absolute Gasteiger partial charge is 0.372 e. The fourth-order valence-corrected chi connectivity index (χ4v) is 3.49. The summed E-state index contributed by atoms with van der Waals surface area (Å²) in [5.41, 5.74) is 4.77. The highest BCUT2D eigenvalue weighted by atomic mass is 16.5. The van der Waals surface area contributed by atoms with Crippen molar-refractivity contribution >= 4 is 11.5 Å². The van der Waals surface area contributed by atoms with Crippen molar-refractivity contribution in [3.8, 4) is 0 Å². The van der Waals surface area contributed by atoms with Crippen LogP contribution in [0, 0.1) is 0 Å². The molecule has 4 rings (SSSR count). The van der Waals surface area contributed by atoms with Crippen molar-refractivity contribution in [2.45, 2.75) is 32.6 Å². The summed E-state index contributed by atoms with van der Waals surface area (Å²) >= 11 is 0. The maximum atomic E-state index is 5.82. The fraction of sp³-hybridized carbons (Fsp3) is 0.368. The third-order valence-corrected chi connectivity index (χ3v) is 4.44. The lowest BCUT2D eigenvalue weighted by molar-refractivity contribution is -0.00545. The number of aliphatic imine (C=N–C) groups is 1. The van der Waals surface area contributed by atoms with Crippen LogP contribution in [0.4, 0.5) is 5.82 Å². The van der Waals surface area contributed by atoms with Gasteiger partial charge in [-0.25, -0.2) is 4.98 Å². The van der Waals surface area contributed by atoms with Crippen molar-refractivity contribution in [3.63, 3.8) is 0 Å². The molecule has 4 nitrogen and oxygen atoms in total. The van der Waals surface area contributed by atoms with Crippen molar-refractivity contribution in [2.75, 3.05) is 18.0 Å². The van der Waals surface area contributed by atoms with Crippen LogP contribution in [0.1, 0.15) is 30.5 Å². The smallest absolute Gasteiger partial charge is 0.129 e. The molecule has 2 aliphatic heterocycles. The number of aromatic nitrogens is 1. The number of anilines is 1. The van der Waals surface area contributed by atoms with Gasteiger partial charge in [0.1, 0.15) is 5.82 Å². The molecule has 1 fully saturated rings. The van der Waals surface area contributed by atoms with Crippen LogP contribution in [-0.4, -0.2) is 36.0 Å². The first-order valence-corrected chi connectivity index (χ1v) is 8.20. The Balaban J connectivity index is 1.65. The Morgan fingerprint density at radius 3 is 2.70 bits per heavy atom. The van der Waals surface area contributed by atoms with E-state index in [-0.39, 0.29) is 12.2 Å². The number of ether oxygens (including phenoxy) is 1. The van der Waals surface area contributed by atoms with Crippen molar-refractivity contribution in [2.24, 2.45) is 4.99 Å². The Kier molecular flexibility index (Phi) is 3.62. The molecule has 0 amide bonds. The zero-order chi connectivity index (χ0) is 15.8. The highest BCUT2D eigenvalue weighted by Gasteiger charge is 2.24. The number of hydrogen-bond donors (Lipinski definition) is 0. The highest BCUT2D eigenvalue weighted by molar-refractivity contribution is 6.15. The van der Waals surface area contributed by atoms with Gasteiger partial charge in [-0.15, -0.1) is 0 Å². The topological polar surface area (TPSA) is 37.7 Å². The molecule has 0 N–H and O–H groups in total. The SMILES string of the molecule is CC1CN(c2cc(C3=NCc4ccccc43)ccn2)CC(C)O1. The van der Waals surface area contributed by atoms with Gasteiger partial charge in [-0.3, -0.25) is 4.99 Å². The van der Waals surface area contributed by atoms with Crippen LogP contribution in [0.2, 0.25) is 0 Å². The molecule has 1 saturated heterocycles. The van der Waals surface area contributed by atoms with Gasteiger partial charge in [0, 0.05) is 30.4 Å². The van der Waals surface area contributed by atoms with Gasteiger partial charge in [0.15, 0.2) is 0 Å². The Morgan fingerprint density at radius 1 is 1.09 bits per heavy atom. The van der Waals surface area contributed by atoms with Crippen LogP contribution < -0.4 is 4.90 Å². The van der Waals surface area contributed by atoms with E-state index in [1.165, 1.54) is 11.1 Å². The lowest BCUT2D eigenvalue weighted by Crippen LogP contribution is -2.45. The van der Waals surface area contributed by atoms with Gasteiger partial charge in [0.05, 0.1) is 24.5 Å². The summed E-state index contributed by atoms with van der Waals surface area (Å²) in [5, 5.41) is 0. The van der Waals surface area contributed by atoms with E-state index < -0.39 is 0 Å². The van der Waals surface area contributed by atoms with E-state index in [1.54, 1.807) is 0 Å². The first kappa shape index (κ1) is 14.4. The van der Waals surface area contributed by atoms with E-state index in [0.717, 1.165) is 36.7 Å². The van der Waals surface area contributed by atoms with Gasteiger partial charge in [-0.2, -0.15) is 0 Å². The van der Waals surface area contributed by atoms with Crippen molar-refractivity contribution in [1.29, 1.82) is 0 Å². The van der Waals surface area contributed by atoms with E-state index in [4.69, 9.17) is 9.73 Å². The number of morpholine rings is 1. The number of pyridine rings is 1. The monoisotopic (exact) mass is 307 g/mol. The average Bonchev–Trinajstić information content (AvgIpc) is 2.98. The third-order valence-electron chi connectivity index (χ3n) is 4.44. The van der Waals surface area contributed by atoms with Gasteiger partial charge in [0.25, 0.3) is 0 Å². The molecule has 1 aromatic heterocycles. The zero-order valence-corrected chi connectivity index (χ0v) is 13.6. The summed E-state index contributed by atoms with van der Waals surface area (Å²) in [6, 6.07) is 12.7. The second kappa shape index (κ2) is 5.78. The van der Waals surface area contributed by atoms with Crippen LogP contribution in [0.15, 0.2) is 47.6 Å². The Hall–Kier alpha value is -2.20. The quantitative estimate of drug-likeness (QED) is 0.856. The van der Waals surface area contributed by atoms with E-state index in [1.807, 2.05) is 6.20 Å². The lowest BCUT2D eigenvalue weighted by Gasteiger charge is -2.36. The number of benzene rings is 1. The molecule has 0 bridgehead atoms. The number of nitrogens with zero attached hydrogens (tertiary/aromatic N) is 3. The van der Waals surface area contributed by atoms with Gasteiger partial charge in [-0.05, 0) is 31.5 Å². The molecule has 0 aliphatic carbocycles. The first-order valence-electron chi connectivity index (χ1n) is 8.20. The molecule has 0 saturated carbocycles. The molecule has 2 aliphatic rings. The average molecular weight is 307 g/mol. The van der Waals surface area contributed by atoms with E-state index in [2.05, 4.69) is 60.1 Å². The minimum Gasteiger partial charge on any atom is -0.372 e. The van der Waals surface area contributed by atoms with Crippen LogP contribution in [-0.2, 0) is 11.3 Å². The molecule has 0 radical (unpaired) electrons. The molecule has 2 atom stereocenters. The van der Waals surface area contributed by atoms with Gasteiger partial charge >= 0.3 is 0 Å². The van der Waals surface area contributed by atoms with Crippen LogP contribution in [0.5, 0.6) is 0 Å². The summed E-state index contributed by atoms with van der Waals surface area (Å²) in [4.78, 5) is 11.6. The van der Waals surface area contributed by atoms with Crippen LogP contribution >= 0.6 is 0 Å². The Bertz CT molecular complexity index is 746. The predicted octanol–water partition coefficient (Wildman–Crippen LogP) is 3.05. The maximum absolute atomic E-state index is 5.82. The predicted molar refractivity (Wildman–Crippen MR) is 92.2 cm³/mol. The highest BCUT2D eigenvalue weighted by Crippen LogP contribution is 2.25. The lowest BCUT2D eigenvalue weighted by atomic mass is 10.0. The molecule has 3 heterocycles. The molecule has 1 aromatic carbocycles. The van der Waals surface area contributed by atoms with Crippen molar-refractivity contribution in [1.82, 2.24) is 4.98 Å². The zero-order valence-electron chi connectivity index (χ0n) is 13.6. The van der Waals surface area contributed by atoms with Crippen LogP contribution in [0.3, 0.4) is 0 Å². The maximum Gasteiger partial charge on any atom is 0.129 e. The number of rotatable bonds is 2.